The summed E-state index contributed by atoms with van der Waals surface area (Å²) in [6.07, 6.45) is 1.73. The molecule has 1 rings (SSSR count). The lowest BCUT2D eigenvalue weighted by molar-refractivity contribution is 0.559. The molecule has 1 heterocycles. The van der Waals surface area contributed by atoms with Gasteiger partial charge in [0.15, 0.2) is 15.8 Å². The maximum absolute atomic E-state index is 12.0. The zero-order valence-corrected chi connectivity index (χ0v) is 16.9. The molecule has 0 bridgehead atoms. The number of hydrogen-bond acceptors (Lipinski definition) is 4. The summed E-state index contributed by atoms with van der Waals surface area (Å²) in [6, 6.07) is 1.91. The summed E-state index contributed by atoms with van der Waals surface area (Å²) in [6.45, 7) is 6.01. The Morgan fingerprint density at radius 1 is 1.36 bits per heavy atom. The van der Waals surface area contributed by atoms with Crippen molar-refractivity contribution in [1.82, 2.24) is 20.4 Å². The molecule has 9 heteroatoms. The molecule has 1 aromatic heterocycles. The molecule has 0 saturated carbocycles. The summed E-state index contributed by atoms with van der Waals surface area (Å²) in [5.74, 6) is 0.642. The molecule has 0 amide bonds. The number of sulfone groups is 1. The molecule has 0 aliphatic heterocycles. The van der Waals surface area contributed by atoms with Crippen LogP contribution < -0.4 is 10.6 Å². The maximum Gasteiger partial charge on any atom is 0.191 e. The monoisotopic (exact) mass is 443 g/mol. The molecule has 0 aliphatic carbocycles. The predicted octanol–water partition coefficient (Wildman–Crippen LogP) is 0.916. The topological polar surface area (TPSA) is 88.4 Å². The van der Waals surface area contributed by atoms with Gasteiger partial charge in [-0.3, -0.25) is 9.67 Å². The van der Waals surface area contributed by atoms with Crippen molar-refractivity contribution >= 4 is 39.8 Å². The molecule has 2 N–H and O–H groups in total. The Bertz CT molecular complexity index is 590. The second kappa shape index (κ2) is 8.70. The highest BCUT2D eigenvalue weighted by Crippen LogP contribution is 2.15. The van der Waals surface area contributed by atoms with E-state index >= 15 is 0 Å². The van der Waals surface area contributed by atoms with Gasteiger partial charge in [-0.1, -0.05) is 0 Å². The standard InChI is InChI=1S/C13H25N5O2S.HI/c1-13(2,3)21(19,20)9-8-15-12(14-4)16-10-11-6-7-17-18(11)5;/h6-7H,8-10H2,1-5H3,(H2,14,15,16);1H. The summed E-state index contributed by atoms with van der Waals surface area (Å²) >= 11 is 0. The minimum atomic E-state index is -3.13. The Balaban J connectivity index is 0.00000441. The van der Waals surface area contributed by atoms with Gasteiger partial charge in [-0.2, -0.15) is 5.10 Å². The van der Waals surface area contributed by atoms with E-state index in [0.29, 0.717) is 19.0 Å². The number of aryl methyl sites for hydroxylation is 1. The number of guanidine groups is 1. The minimum absolute atomic E-state index is 0. The zero-order valence-electron chi connectivity index (χ0n) is 13.8. The smallest absolute Gasteiger partial charge is 0.191 e. The van der Waals surface area contributed by atoms with Crippen molar-refractivity contribution in [2.45, 2.75) is 32.1 Å². The van der Waals surface area contributed by atoms with Crippen LogP contribution in [-0.2, 0) is 23.4 Å². The van der Waals surface area contributed by atoms with Crippen LogP contribution >= 0.6 is 24.0 Å². The first kappa shape index (κ1) is 21.2. The Hall–Kier alpha value is -0.840. The van der Waals surface area contributed by atoms with Crippen LogP contribution in [-0.4, -0.2) is 48.3 Å². The van der Waals surface area contributed by atoms with Crippen LogP contribution in [0.15, 0.2) is 17.3 Å². The molecule has 7 nitrogen and oxygen atoms in total. The molecule has 0 fully saturated rings. The molecule has 0 aliphatic rings. The summed E-state index contributed by atoms with van der Waals surface area (Å²) < 4.78 is 25.0. The number of nitrogens with zero attached hydrogens (tertiary/aromatic N) is 3. The molecule has 0 atom stereocenters. The van der Waals surface area contributed by atoms with Crippen molar-refractivity contribution in [1.29, 1.82) is 0 Å². The predicted molar refractivity (Wildman–Crippen MR) is 100 cm³/mol. The number of nitrogens with one attached hydrogen (secondary N) is 2. The molecule has 0 spiro atoms. The van der Waals surface area contributed by atoms with E-state index in [1.54, 1.807) is 38.7 Å². The molecule has 22 heavy (non-hydrogen) atoms. The van der Waals surface area contributed by atoms with Crippen molar-refractivity contribution < 1.29 is 8.42 Å². The molecule has 0 aromatic carbocycles. The van der Waals surface area contributed by atoms with Gasteiger partial charge >= 0.3 is 0 Å². The third-order valence-corrected chi connectivity index (χ3v) is 5.79. The molecule has 0 unspecified atom stereocenters. The first-order valence-electron chi connectivity index (χ1n) is 6.81. The molecular formula is C13H26IN5O2S. The van der Waals surface area contributed by atoms with Crippen LogP contribution in [0.5, 0.6) is 0 Å². The third-order valence-electron chi connectivity index (χ3n) is 3.18. The van der Waals surface area contributed by atoms with Crippen LogP contribution in [0.2, 0.25) is 0 Å². The largest absolute Gasteiger partial charge is 0.355 e. The van der Waals surface area contributed by atoms with E-state index < -0.39 is 14.6 Å². The Morgan fingerprint density at radius 3 is 2.45 bits per heavy atom. The van der Waals surface area contributed by atoms with E-state index in [-0.39, 0.29) is 29.7 Å². The maximum atomic E-state index is 12.0. The van der Waals surface area contributed by atoms with E-state index in [2.05, 4.69) is 20.7 Å². The van der Waals surface area contributed by atoms with Gasteiger partial charge in [-0.05, 0) is 26.8 Å². The molecule has 128 valence electrons. The number of hydrogen-bond donors (Lipinski definition) is 2. The van der Waals surface area contributed by atoms with Crippen molar-refractivity contribution in [2.24, 2.45) is 12.0 Å². The highest BCUT2D eigenvalue weighted by atomic mass is 127. The van der Waals surface area contributed by atoms with Gasteiger partial charge in [-0.15, -0.1) is 24.0 Å². The quantitative estimate of drug-likeness (QED) is 0.402. The summed E-state index contributed by atoms with van der Waals surface area (Å²) in [5.41, 5.74) is 1.01. The average molecular weight is 443 g/mol. The van der Waals surface area contributed by atoms with Gasteiger partial charge in [-0.25, -0.2) is 8.42 Å². The van der Waals surface area contributed by atoms with Crippen LogP contribution in [0.3, 0.4) is 0 Å². The Morgan fingerprint density at radius 2 is 2.00 bits per heavy atom. The minimum Gasteiger partial charge on any atom is -0.355 e. The van der Waals surface area contributed by atoms with Gasteiger partial charge in [0.2, 0.25) is 0 Å². The van der Waals surface area contributed by atoms with Gasteiger partial charge in [0.1, 0.15) is 0 Å². The number of halogens is 1. The second-order valence-electron chi connectivity index (χ2n) is 5.73. The second-order valence-corrected chi connectivity index (χ2v) is 8.59. The Labute approximate surface area is 149 Å². The van der Waals surface area contributed by atoms with Crippen LogP contribution in [0.4, 0.5) is 0 Å². The van der Waals surface area contributed by atoms with Gasteiger partial charge in [0, 0.05) is 26.8 Å². The highest BCUT2D eigenvalue weighted by molar-refractivity contribution is 14.0. The Kier molecular flexibility index (Phi) is 8.37. The van der Waals surface area contributed by atoms with Crippen molar-refractivity contribution in [3.8, 4) is 0 Å². The van der Waals surface area contributed by atoms with E-state index in [0.717, 1.165) is 5.69 Å². The summed E-state index contributed by atoms with van der Waals surface area (Å²) in [7, 11) is 0.388. The number of rotatable bonds is 5. The zero-order chi connectivity index (χ0) is 16.1. The van der Waals surface area contributed by atoms with Crippen molar-refractivity contribution in [2.75, 3.05) is 19.3 Å². The fourth-order valence-electron chi connectivity index (χ4n) is 1.58. The van der Waals surface area contributed by atoms with Gasteiger partial charge in [0.25, 0.3) is 0 Å². The van der Waals surface area contributed by atoms with E-state index in [1.165, 1.54) is 0 Å². The van der Waals surface area contributed by atoms with Gasteiger partial charge < -0.3 is 10.6 Å². The molecule has 0 radical (unpaired) electrons. The normalized spacial score (nSPS) is 12.7. The third kappa shape index (κ3) is 6.11. The van der Waals surface area contributed by atoms with E-state index in [9.17, 15) is 8.42 Å². The molecular weight excluding hydrogens is 417 g/mol. The van der Waals surface area contributed by atoms with Crippen LogP contribution in [0, 0.1) is 0 Å². The van der Waals surface area contributed by atoms with E-state index in [4.69, 9.17) is 0 Å². The fourth-order valence-corrected chi connectivity index (χ4v) is 2.56. The van der Waals surface area contributed by atoms with Crippen molar-refractivity contribution in [3.05, 3.63) is 18.0 Å². The lowest BCUT2D eigenvalue weighted by Gasteiger charge is -2.19. The lowest BCUT2D eigenvalue weighted by Crippen LogP contribution is -2.41. The first-order valence-corrected chi connectivity index (χ1v) is 8.46. The lowest BCUT2D eigenvalue weighted by atomic mass is 10.3. The highest BCUT2D eigenvalue weighted by Gasteiger charge is 2.28. The van der Waals surface area contributed by atoms with Crippen molar-refractivity contribution in [3.63, 3.8) is 0 Å². The number of aliphatic imine (C=N–C) groups is 1. The molecule has 0 saturated heterocycles. The summed E-state index contributed by atoms with van der Waals surface area (Å²) in [5, 5.41) is 10.2. The van der Waals surface area contributed by atoms with Gasteiger partial charge in [0.05, 0.1) is 22.7 Å². The summed E-state index contributed by atoms with van der Waals surface area (Å²) in [4.78, 5) is 4.07. The average Bonchev–Trinajstić information content (AvgIpc) is 2.77. The SMILES string of the molecule is CN=C(NCCS(=O)(=O)C(C)(C)C)NCc1ccnn1C.I. The molecule has 1 aromatic rings. The van der Waals surface area contributed by atoms with Crippen LogP contribution in [0.25, 0.3) is 0 Å². The van der Waals surface area contributed by atoms with Crippen LogP contribution in [0.1, 0.15) is 26.5 Å². The number of aromatic nitrogens is 2. The fraction of sp³-hybridized carbons (Fsp3) is 0.692. The first-order chi connectivity index (χ1) is 9.67. The van der Waals surface area contributed by atoms with E-state index in [1.807, 2.05) is 13.1 Å².